The molecule has 3 rings (SSSR count). The maximum Gasteiger partial charge on any atom is 0.227 e. The van der Waals surface area contributed by atoms with Crippen LogP contribution in [-0.4, -0.2) is 78.4 Å². The summed E-state index contributed by atoms with van der Waals surface area (Å²) in [7, 11) is -3.23. The molecule has 0 bridgehead atoms. The van der Waals surface area contributed by atoms with Gasteiger partial charge < -0.3 is 4.90 Å². The highest BCUT2D eigenvalue weighted by Crippen LogP contribution is 2.22. The van der Waals surface area contributed by atoms with Crippen LogP contribution in [0.15, 0.2) is 24.4 Å². The molecule has 1 aromatic heterocycles. The van der Waals surface area contributed by atoms with E-state index in [9.17, 15) is 13.2 Å². The summed E-state index contributed by atoms with van der Waals surface area (Å²) in [6.45, 7) is 6.61. The molecule has 27 heavy (non-hydrogen) atoms. The van der Waals surface area contributed by atoms with Crippen LogP contribution in [0.2, 0.25) is 0 Å². The number of piperidine rings is 1. The predicted molar refractivity (Wildman–Crippen MR) is 104 cm³/mol. The van der Waals surface area contributed by atoms with Gasteiger partial charge in [0, 0.05) is 52.0 Å². The molecule has 2 saturated heterocycles. The Morgan fingerprint density at radius 3 is 2.63 bits per heavy atom. The van der Waals surface area contributed by atoms with Gasteiger partial charge in [-0.25, -0.2) is 12.7 Å². The third-order valence-electron chi connectivity index (χ3n) is 5.38. The molecule has 0 aromatic carbocycles. The van der Waals surface area contributed by atoms with E-state index in [-0.39, 0.29) is 17.6 Å². The lowest BCUT2D eigenvalue weighted by Gasteiger charge is -2.38. The van der Waals surface area contributed by atoms with Gasteiger partial charge in [0.15, 0.2) is 0 Å². The minimum atomic E-state index is -3.23. The van der Waals surface area contributed by atoms with Crippen molar-refractivity contribution in [2.24, 2.45) is 5.92 Å². The first-order valence-corrected chi connectivity index (χ1v) is 11.5. The van der Waals surface area contributed by atoms with Crippen molar-refractivity contribution >= 4 is 15.9 Å². The maximum atomic E-state index is 12.9. The van der Waals surface area contributed by atoms with Crippen LogP contribution in [0, 0.1) is 5.92 Å². The molecule has 0 spiro atoms. The first-order chi connectivity index (χ1) is 13.0. The van der Waals surface area contributed by atoms with E-state index >= 15 is 0 Å². The predicted octanol–water partition coefficient (Wildman–Crippen LogP) is 1.18. The number of nitrogens with zero attached hydrogens (tertiary/aromatic N) is 4. The lowest BCUT2D eigenvalue weighted by molar-refractivity contribution is -0.138. The summed E-state index contributed by atoms with van der Waals surface area (Å²) in [6.07, 6.45) is 3.95. The highest BCUT2D eigenvalue weighted by Gasteiger charge is 2.34. The fraction of sp³-hybridized carbons (Fsp3) is 0.684. The second-order valence-corrected chi connectivity index (χ2v) is 9.52. The van der Waals surface area contributed by atoms with Crippen molar-refractivity contribution in [1.29, 1.82) is 0 Å². The third kappa shape index (κ3) is 5.27. The molecule has 1 unspecified atom stereocenters. The Morgan fingerprint density at radius 2 is 1.96 bits per heavy atom. The van der Waals surface area contributed by atoms with Crippen LogP contribution >= 0.6 is 0 Å². The summed E-state index contributed by atoms with van der Waals surface area (Å²) in [5.74, 6) is 0.0803. The van der Waals surface area contributed by atoms with Crippen molar-refractivity contribution < 1.29 is 13.2 Å². The Kier molecular flexibility index (Phi) is 6.83. The molecular formula is C19H30N4O3S. The molecule has 2 aliphatic heterocycles. The number of carbonyl (C=O) groups is 1. The molecule has 0 saturated carbocycles. The van der Waals surface area contributed by atoms with E-state index in [0.29, 0.717) is 32.6 Å². The van der Waals surface area contributed by atoms with Gasteiger partial charge in [-0.1, -0.05) is 13.0 Å². The minimum Gasteiger partial charge on any atom is -0.340 e. The van der Waals surface area contributed by atoms with Gasteiger partial charge in [0.2, 0.25) is 15.9 Å². The Balaban J connectivity index is 1.51. The summed E-state index contributed by atoms with van der Waals surface area (Å²) in [5.41, 5.74) is 1.04. The fourth-order valence-corrected chi connectivity index (χ4v) is 5.48. The van der Waals surface area contributed by atoms with Crippen LogP contribution in [0.3, 0.4) is 0 Å². The maximum absolute atomic E-state index is 12.9. The largest absolute Gasteiger partial charge is 0.340 e. The highest BCUT2D eigenvalue weighted by molar-refractivity contribution is 7.89. The van der Waals surface area contributed by atoms with Gasteiger partial charge in [0.25, 0.3) is 0 Å². The molecular weight excluding hydrogens is 364 g/mol. The van der Waals surface area contributed by atoms with Gasteiger partial charge in [0.05, 0.1) is 17.4 Å². The van der Waals surface area contributed by atoms with Crippen LogP contribution in [0.4, 0.5) is 0 Å². The molecule has 2 fully saturated rings. The van der Waals surface area contributed by atoms with Gasteiger partial charge in [-0.05, 0) is 31.4 Å². The number of aromatic nitrogens is 1. The fourth-order valence-electron chi connectivity index (χ4n) is 3.89. The number of hydrogen-bond acceptors (Lipinski definition) is 5. The summed E-state index contributed by atoms with van der Waals surface area (Å²) >= 11 is 0. The summed E-state index contributed by atoms with van der Waals surface area (Å²) < 4.78 is 26.2. The zero-order valence-electron chi connectivity index (χ0n) is 16.1. The van der Waals surface area contributed by atoms with Gasteiger partial charge in [-0.2, -0.15) is 0 Å². The van der Waals surface area contributed by atoms with Gasteiger partial charge in [0.1, 0.15) is 0 Å². The normalized spacial score (nSPS) is 22.7. The zero-order chi connectivity index (χ0) is 19.3. The molecule has 3 heterocycles. The number of rotatable bonds is 6. The molecule has 1 amide bonds. The standard InChI is InChI=1S/C19H30N4O3S/c1-2-14-27(25,26)23-9-5-6-17(15-23)19(24)22-12-10-21(11-13-22)16-18-7-3-4-8-20-18/h3-4,7-8,17H,2,5-6,9-16H2,1H3. The Labute approximate surface area is 162 Å². The van der Waals surface area contributed by atoms with E-state index in [0.717, 1.165) is 38.2 Å². The van der Waals surface area contributed by atoms with Crippen LogP contribution in [-0.2, 0) is 21.4 Å². The first kappa shape index (κ1) is 20.2. The molecule has 1 atom stereocenters. The lowest BCUT2D eigenvalue weighted by atomic mass is 9.97. The van der Waals surface area contributed by atoms with Crippen LogP contribution in [0.1, 0.15) is 31.9 Å². The molecule has 8 heteroatoms. The van der Waals surface area contributed by atoms with E-state index in [1.54, 1.807) is 6.20 Å². The van der Waals surface area contributed by atoms with E-state index in [1.165, 1.54) is 4.31 Å². The molecule has 2 aliphatic rings. The third-order valence-corrected chi connectivity index (χ3v) is 7.43. The van der Waals surface area contributed by atoms with Crippen molar-refractivity contribution in [3.8, 4) is 0 Å². The molecule has 0 radical (unpaired) electrons. The number of carbonyl (C=O) groups excluding carboxylic acids is 1. The smallest absolute Gasteiger partial charge is 0.227 e. The van der Waals surface area contributed by atoms with Crippen molar-refractivity contribution in [2.45, 2.75) is 32.7 Å². The van der Waals surface area contributed by atoms with Crippen LogP contribution in [0.5, 0.6) is 0 Å². The molecule has 150 valence electrons. The van der Waals surface area contributed by atoms with Crippen LogP contribution in [0.25, 0.3) is 0 Å². The summed E-state index contributed by atoms with van der Waals surface area (Å²) in [6, 6.07) is 5.92. The number of hydrogen-bond donors (Lipinski definition) is 0. The average Bonchev–Trinajstić information content (AvgIpc) is 2.69. The number of amides is 1. The Hall–Kier alpha value is -1.51. The van der Waals surface area contributed by atoms with Crippen molar-refractivity contribution in [3.05, 3.63) is 30.1 Å². The zero-order valence-corrected chi connectivity index (χ0v) is 16.9. The number of pyridine rings is 1. The molecule has 1 aromatic rings. The Bertz CT molecular complexity index is 718. The van der Waals surface area contributed by atoms with Crippen molar-refractivity contribution in [2.75, 3.05) is 45.0 Å². The quantitative estimate of drug-likeness (QED) is 0.724. The van der Waals surface area contributed by atoms with Crippen molar-refractivity contribution in [3.63, 3.8) is 0 Å². The number of piperazine rings is 1. The van der Waals surface area contributed by atoms with Crippen molar-refractivity contribution in [1.82, 2.24) is 19.1 Å². The first-order valence-electron chi connectivity index (χ1n) is 9.88. The Morgan fingerprint density at radius 1 is 1.19 bits per heavy atom. The molecule has 7 nitrogen and oxygen atoms in total. The van der Waals surface area contributed by atoms with Gasteiger partial charge >= 0.3 is 0 Å². The highest BCUT2D eigenvalue weighted by atomic mass is 32.2. The molecule has 0 N–H and O–H groups in total. The minimum absolute atomic E-state index is 0.115. The van der Waals surface area contributed by atoms with Gasteiger partial charge in [-0.3, -0.25) is 14.7 Å². The van der Waals surface area contributed by atoms with Crippen LogP contribution < -0.4 is 0 Å². The van der Waals surface area contributed by atoms with E-state index in [2.05, 4.69) is 9.88 Å². The topological polar surface area (TPSA) is 73.8 Å². The van der Waals surface area contributed by atoms with E-state index < -0.39 is 10.0 Å². The average molecular weight is 395 g/mol. The second kappa shape index (κ2) is 9.12. The summed E-state index contributed by atoms with van der Waals surface area (Å²) in [5, 5.41) is 0. The monoisotopic (exact) mass is 394 g/mol. The van der Waals surface area contributed by atoms with E-state index in [4.69, 9.17) is 0 Å². The summed E-state index contributed by atoms with van der Waals surface area (Å²) in [4.78, 5) is 21.5. The second-order valence-electron chi connectivity index (χ2n) is 7.44. The van der Waals surface area contributed by atoms with Gasteiger partial charge in [-0.15, -0.1) is 0 Å². The number of sulfonamides is 1. The lowest BCUT2D eigenvalue weighted by Crippen LogP contribution is -2.53. The van der Waals surface area contributed by atoms with E-state index in [1.807, 2.05) is 30.0 Å². The SMILES string of the molecule is CCCS(=O)(=O)N1CCCC(C(=O)N2CCN(Cc3ccccn3)CC2)C1. The molecule has 0 aliphatic carbocycles.